The number of anilines is 1. The van der Waals surface area contributed by atoms with Crippen LogP contribution in [-0.2, 0) is 0 Å². The summed E-state index contributed by atoms with van der Waals surface area (Å²) in [6.45, 7) is 7.88. The Morgan fingerprint density at radius 3 is 2.44 bits per heavy atom. The first-order chi connectivity index (χ1) is 12.0. The van der Waals surface area contributed by atoms with E-state index in [-0.39, 0.29) is 0 Å². The highest BCUT2D eigenvalue weighted by Gasteiger charge is 2.17. The van der Waals surface area contributed by atoms with Crippen molar-refractivity contribution in [3.05, 3.63) is 62.4 Å². The van der Waals surface area contributed by atoms with Crippen molar-refractivity contribution in [3.63, 3.8) is 0 Å². The second kappa shape index (κ2) is 7.11. The number of hydrogen-bond donors (Lipinski definition) is 0. The summed E-state index contributed by atoms with van der Waals surface area (Å²) in [5.74, 6) is 0. The van der Waals surface area contributed by atoms with Gasteiger partial charge in [0.15, 0.2) is 0 Å². The summed E-state index contributed by atoms with van der Waals surface area (Å²) in [6.07, 6.45) is 0. The van der Waals surface area contributed by atoms with E-state index in [2.05, 4.69) is 18.7 Å². The summed E-state index contributed by atoms with van der Waals surface area (Å²) < 4.78 is 5.62. The standard InChI is InChI=1S/C20H19Cl2NO2/c1-4-23(5-2)14-7-8-15-12(3)19(20(24)25-18(15)11-14)16-10-13(21)6-9-17(16)22/h6-11H,4-5H2,1-3H3. The van der Waals surface area contributed by atoms with Crippen molar-refractivity contribution >= 4 is 39.9 Å². The Kier molecular flexibility index (Phi) is 5.07. The number of benzene rings is 2. The van der Waals surface area contributed by atoms with Crippen LogP contribution in [0.15, 0.2) is 45.6 Å². The van der Waals surface area contributed by atoms with Crippen molar-refractivity contribution in [3.8, 4) is 11.1 Å². The minimum absolute atomic E-state index is 0.411. The van der Waals surface area contributed by atoms with E-state index < -0.39 is 5.63 Å². The summed E-state index contributed by atoms with van der Waals surface area (Å²) in [5, 5.41) is 1.88. The lowest BCUT2D eigenvalue weighted by molar-refractivity contribution is 0.562. The molecule has 2 aromatic carbocycles. The normalized spacial score (nSPS) is 11.1. The number of fused-ring (bicyclic) bond motifs is 1. The van der Waals surface area contributed by atoms with E-state index in [4.69, 9.17) is 27.6 Å². The maximum absolute atomic E-state index is 12.7. The Morgan fingerprint density at radius 2 is 1.76 bits per heavy atom. The molecule has 0 spiro atoms. The Bertz CT molecular complexity index is 991. The molecule has 0 fully saturated rings. The molecule has 0 saturated carbocycles. The van der Waals surface area contributed by atoms with Gasteiger partial charge in [0, 0.05) is 45.8 Å². The monoisotopic (exact) mass is 375 g/mol. The zero-order valence-corrected chi connectivity index (χ0v) is 15.9. The van der Waals surface area contributed by atoms with E-state index in [1.807, 2.05) is 25.1 Å². The maximum atomic E-state index is 12.7. The molecular formula is C20H19Cl2NO2. The average Bonchev–Trinajstić information content (AvgIpc) is 2.59. The van der Waals surface area contributed by atoms with Gasteiger partial charge in [-0.25, -0.2) is 4.79 Å². The lowest BCUT2D eigenvalue weighted by Gasteiger charge is -2.21. The van der Waals surface area contributed by atoms with E-state index in [1.165, 1.54) is 0 Å². The highest BCUT2D eigenvalue weighted by Crippen LogP contribution is 2.34. The zero-order chi connectivity index (χ0) is 18.1. The van der Waals surface area contributed by atoms with Gasteiger partial charge in [-0.2, -0.15) is 0 Å². The summed E-state index contributed by atoms with van der Waals surface area (Å²) in [5.41, 5.74) is 3.08. The van der Waals surface area contributed by atoms with Crippen molar-refractivity contribution in [2.24, 2.45) is 0 Å². The summed E-state index contributed by atoms with van der Waals surface area (Å²) in [6, 6.07) is 11.0. The summed E-state index contributed by atoms with van der Waals surface area (Å²) in [7, 11) is 0. The van der Waals surface area contributed by atoms with Crippen LogP contribution in [0.4, 0.5) is 5.69 Å². The largest absolute Gasteiger partial charge is 0.422 e. The van der Waals surface area contributed by atoms with E-state index in [1.54, 1.807) is 18.2 Å². The second-order valence-corrected chi connectivity index (χ2v) is 6.71. The smallest absolute Gasteiger partial charge is 0.344 e. The van der Waals surface area contributed by atoms with Crippen molar-refractivity contribution in [1.82, 2.24) is 0 Å². The van der Waals surface area contributed by atoms with Gasteiger partial charge in [-0.05, 0) is 56.7 Å². The van der Waals surface area contributed by atoms with Gasteiger partial charge in [-0.1, -0.05) is 23.2 Å². The van der Waals surface area contributed by atoms with E-state index >= 15 is 0 Å². The van der Waals surface area contributed by atoms with Crippen molar-refractivity contribution in [2.75, 3.05) is 18.0 Å². The fourth-order valence-corrected chi connectivity index (χ4v) is 3.51. The molecule has 0 aliphatic carbocycles. The zero-order valence-electron chi connectivity index (χ0n) is 14.4. The lowest BCUT2D eigenvalue weighted by atomic mass is 9.99. The molecule has 0 unspecified atom stereocenters. The Balaban J connectivity index is 2.25. The molecule has 5 heteroatoms. The van der Waals surface area contributed by atoms with E-state index in [0.717, 1.165) is 29.7 Å². The van der Waals surface area contributed by atoms with Crippen LogP contribution < -0.4 is 10.5 Å². The van der Waals surface area contributed by atoms with Crippen LogP contribution in [0.5, 0.6) is 0 Å². The van der Waals surface area contributed by atoms with Gasteiger partial charge in [0.2, 0.25) is 0 Å². The third-order valence-corrected chi connectivity index (χ3v) is 5.04. The Morgan fingerprint density at radius 1 is 1.04 bits per heavy atom. The van der Waals surface area contributed by atoms with Gasteiger partial charge >= 0.3 is 5.63 Å². The molecule has 0 aliphatic heterocycles. The highest BCUT2D eigenvalue weighted by molar-refractivity contribution is 6.35. The molecule has 0 atom stereocenters. The molecule has 130 valence electrons. The van der Waals surface area contributed by atoms with Crippen molar-refractivity contribution in [2.45, 2.75) is 20.8 Å². The average molecular weight is 376 g/mol. The molecule has 1 heterocycles. The van der Waals surface area contributed by atoms with Gasteiger partial charge in [0.25, 0.3) is 0 Å². The first-order valence-electron chi connectivity index (χ1n) is 8.24. The molecule has 0 aliphatic rings. The third-order valence-electron chi connectivity index (χ3n) is 4.48. The number of hydrogen-bond acceptors (Lipinski definition) is 3. The molecule has 0 radical (unpaired) electrons. The van der Waals surface area contributed by atoms with E-state index in [9.17, 15) is 4.79 Å². The molecule has 0 amide bonds. The van der Waals surface area contributed by atoms with Crippen LogP contribution in [0, 0.1) is 6.92 Å². The topological polar surface area (TPSA) is 33.5 Å². The second-order valence-electron chi connectivity index (χ2n) is 5.87. The van der Waals surface area contributed by atoms with Crippen LogP contribution in [0.2, 0.25) is 10.0 Å². The molecule has 25 heavy (non-hydrogen) atoms. The third kappa shape index (κ3) is 3.26. The van der Waals surface area contributed by atoms with Crippen LogP contribution in [0.1, 0.15) is 19.4 Å². The summed E-state index contributed by atoms with van der Waals surface area (Å²) >= 11 is 12.4. The Labute approximate surface area is 156 Å². The minimum atomic E-state index is -0.411. The van der Waals surface area contributed by atoms with Gasteiger partial charge in [0.05, 0.1) is 5.56 Å². The van der Waals surface area contributed by atoms with Crippen molar-refractivity contribution in [1.29, 1.82) is 0 Å². The van der Waals surface area contributed by atoms with Gasteiger partial charge in [-0.15, -0.1) is 0 Å². The SMILES string of the molecule is CCN(CC)c1ccc2c(C)c(-c3cc(Cl)ccc3Cl)c(=O)oc2c1. The summed E-state index contributed by atoms with van der Waals surface area (Å²) in [4.78, 5) is 14.9. The molecule has 1 aromatic heterocycles. The number of aryl methyl sites for hydroxylation is 1. The molecule has 0 bridgehead atoms. The first kappa shape index (κ1) is 17.8. The number of halogens is 2. The van der Waals surface area contributed by atoms with Crippen LogP contribution >= 0.6 is 23.2 Å². The Hall–Kier alpha value is -1.97. The van der Waals surface area contributed by atoms with Gasteiger partial charge < -0.3 is 9.32 Å². The van der Waals surface area contributed by atoms with Gasteiger partial charge in [0.1, 0.15) is 5.58 Å². The molecule has 0 N–H and O–H groups in total. The quantitative estimate of drug-likeness (QED) is 0.530. The predicted molar refractivity (Wildman–Crippen MR) is 106 cm³/mol. The molecule has 3 nitrogen and oxygen atoms in total. The predicted octanol–water partition coefficient (Wildman–Crippen LogP) is 5.92. The molecule has 3 aromatic rings. The van der Waals surface area contributed by atoms with E-state index in [0.29, 0.717) is 26.8 Å². The maximum Gasteiger partial charge on any atom is 0.344 e. The molecule has 0 saturated heterocycles. The minimum Gasteiger partial charge on any atom is -0.422 e. The fraction of sp³-hybridized carbons (Fsp3) is 0.250. The molecular weight excluding hydrogens is 357 g/mol. The van der Waals surface area contributed by atoms with Crippen LogP contribution in [0.25, 0.3) is 22.1 Å². The van der Waals surface area contributed by atoms with Gasteiger partial charge in [-0.3, -0.25) is 0 Å². The molecule has 3 rings (SSSR count). The van der Waals surface area contributed by atoms with Crippen molar-refractivity contribution < 1.29 is 4.42 Å². The van der Waals surface area contributed by atoms with Crippen LogP contribution in [0.3, 0.4) is 0 Å². The lowest BCUT2D eigenvalue weighted by Crippen LogP contribution is -2.21. The fourth-order valence-electron chi connectivity index (χ4n) is 3.13. The highest BCUT2D eigenvalue weighted by atomic mass is 35.5. The number of rotatable bonds is 4. The number of nitrogens with zero attached hydrogens (tertiary/aromatic N) is 1. The van der Waals surface area contributed by atoms with Crippen LogP contribution in [-0.4, -0.2) is 13.1 Å². The first-order valence-corrected chi connectivity index (χ1v) is 8.99.